The van der Waals surface area contributed by atoms with Crippen molar-refractivity contribution in [3.8, 4) is 22.5 Å². The third-order valence-corrected chi connectivity index (χ3v) is 8.41. The van der Waals surface area contributed by atoms with Gasteiger partial charge in [0.2, 0.25) is 0 Å². The molecule has 0 aliphatic carbocycles. The van der Waals surface area contributed by atoms with Crippen LogP contribution in [0.3, 0.4) is 0 Å². The zero-order valence-electron chi connectivity index (χ0n) is 23.7. The van der Waals surface area contributed by atoms with E-state index in [2.05, 4.69) is 20.9 Å². The summed E-state index contributed by atoms with van der Waals surface area (Å²) < 4.78 is 16.8. The molecule has 6 rings (SSSR count). The number of halogens is 4. The van der Waals surface area contributed by atoms with E-state index in [0.717, 1.165) is 45.0 Å². The molecule has 6 aromatic rings. The van der Waals surface area contributed by atoms with Crippen molar-refractivity contribution in [3.63, 3.8) is 0 Å². The molecule has 0 spiro atoms. The Labute approximate surface area is 280 Å². The third kappa shape index (κ3) is 8.19. The molecule has 45 heavy (non-hydrogen) atoms. The van der Waals surface area contributed by atoms with E-state index in [-0.39, 0.29) is 13.2 Å². The fourth-order valence-corrected chi connectivity index (χ4v) is 5.15. The highest BCUT2D eigenvalue weighted by molar-refractivity contribution is 6.42. The topological polar surface area (TPSA) is 85.4 Å². The molecule has 0 saturated carbocycles. The highest BCUT2D eigenvalue weighted by atomic mass is 35.5. The summed E-state index contributed by atoms with van der Waals surface area (Å²) in [6.45, 7) is 1.73. The van der Waals surface area contributed by atoms with Gasteiger partial charge in [0.15, 0.2) is 11.5 Å². The Morgan fingerprint density at radius 1 is 0.511 bits per heavy atom. The van der Waals surface area contributed by atoms with Crippen LogP contribution in [0.2, 0.25) is 20.1 Å². The normalized spacial score (nSPS) is 11.1. The maximum Gasteiger partial charge on any atom is 0.163 e. The Hall–Kier alpha value is -3.98. The molecule has 0 saturated heterocycles. The first-order valence-corrected chi connectivity index (χ1v) is 15.5. The number of nitrogens with one attached hydrogen (secondary N) is 2. The van der Waals surface area contributed by atoms with Gasteiger partial charge in [0.1, 0.15) is 24.6 Å². The van der Waals surface area contributed by atoms with Crippen LogP contribution in [0.15, 0.2) is 106 Å². The van der Waals surface area contributed by atoms with Gasteiger partial charge in [-0.05, 0) is 59.7 Å². The number of hydrogen-bond donors (Lipinski definition) is 2. The molecular formula is C34H26Cl4N4O3. The summed E-state index contributed by atoms with van der Waals surface area (Å²) in [5.74, 6) is 1.21. The van der Waals surface area contributed by atoms with Crippen molar-refractivity contribution in [2.45, 2.75) is 26.3 Å². The van der Waals surface area contributed by atoms with Crippen molar-refractivity contribution in [2.24, 2.45) is 0 Å². The zero-order chi connectivity index (χ0) is 31.2. The summed E-state index contributed by atoms with van der Waals surface area (Å²) >= 11 is 24.2. The van der Waals surface area contributed by atoms with Crippen molar-refractivity contribution in [2.75, 3.05) is 10.6 Å². The number of aromatic nitrogens is 2. The SMILES string of the molecule is Clc1ccc(CNc2ccc(-c3cc(COCc4cc(-c5ccc(NCc6ccc(Cl)c(Cl)c6)cc5)no4)on3)cc2)cc1Cl. The first kappa shape index (κ1) is 31.0. The quantitative estimate of drug-likeness (QED) is 0.133. The Morgan fingerprint density at radius 2 is 0.933 bits per heavy atom. The summed E-state index contributed by atoms with van der Waals surface area (Å²) in [5, 5.41) is 17.3. The van der Waals surface area contributed by atoms with E-state index in [1.54, 1.807) is 12.1 Å². The Morgan fingerprint density at radius 3 is 1.33 bits per heavy atom. The number of benzene rings is 4. The average Bonchev–Trinajstić information content (AvgIpc) is 3.73. The molecule has 11 heteroatoms. The molecule has 0 unspecified atom stereocenters. The molecule has 0 atom stereocenters. The van der Waals surface area contributed by atoms with Gasteiger partial charge in [0.05, 0.1) is 20.1 Å². The zero-order valence-corrected chi connectivity index (χ0v) is 26.7. The minimum atomic E-state index is 0.242. The number of anilines is 2. The largest absolute Gasteiger partial charge is 0.381 e. The molecule has 0 fully saturated rings. The van der Waals surface area contributed by atoms with E-state index >= 15 is 0 Å². The molecule has 0 bridgehead atoms. The summed E-state index contributed by atoms with van der Waals surface area (Å²) in [4.78, 5) is 0. The second-order valence-corrected chi connectivity index (χ2v) is 11.8. The highest BCUT2D eigenvalue weighted by Crippen LogP contribution is 2.27. The van der Waals surface area contributed by atoms with Gasteiger partial charge in [-0.25, -0.2) is 0 Å². The maximum atomic E-state index is 6.11. The van der Waals surface area contributed by atoms with Gasteiger partial charge >= 0.3 is 0 Å². The van der Waals surface area contributed by atoms with Crippen LogP contribution in [-0.2, 0) is 31.0 Å². The lowest BCUT2D eigenvalue weighted by Crippen LogP contribution is -1.99. The van der Waals surface area contributed by atoms with Crippen molar-refractivity contribution in [1.29, 1.82) is 0 Å². The minimum absolute atomic E-state index is 0.242. The predicted molar refractivity (Wildman–Crippen MR) is 180 cm³/mol. The first-order chi connectivity index (χ1) is 21.9. The second kappa shape index (κ2) is 14.4. The molecule has 0 aliphatic heterocycles. The summed E-state index contributed by atoms with van der Waals surface area (Å²) in [6.07, 6.45) is 0. The molecular weight excluding hydrogens is 654 g/mol. The molecule has 0 amide bonds. The van der Waals surface area contributed by atoms with Crippen molar-refractivity contribution in [3.05, 3.63) is 140 Å². The fourth-order valence-electron chi connectivity index (χ4n) is 4.51. The first-order valence-electron chi connectivity index (χ1n) is 13.9. The highest BCUT2D eigenvalue weighted by Gasteiger charge is 2.11. The van der Waals surface area contributed by atoms with E-state index in [9.17, 15) is 0 Å². The van der Waals surface area contributed by atoms with Crippen molar-refractivity contribution in [1.82, 2.24) is 10.3 Å². The summed E-state index contributed by atoms with van der Waals surface area (Å²) in [7, 11) is 0. The molecule has 4 aromatic carbocycles. The van der Waals surface area contributed by atoms with Crippen LogP contribution in [0.1, 0.15) is 22.6 Å². The molecule has 0 radical (unpaired) electrons. The second-order valence-electron chi connectivity index (χ2n) is 10.2. The lowest BCUT2D eigenvalue weighted by atomic mass is 10.1. The van der Waals surface area contributed by atoms with Gasteiger partial charge in [0, 0.05) is 47.7 Å². The molecule has 228 valence electrons. The third-order valence-electron chi connectivity index (χ3n) is 6.93. The number of rotatable bonds is 12. The van der Waals surface area contributed by atoms with Gasteiger partial charge in [-0.15, -0.1) is 0 Å². The number of ether oxygens (including phenoxy) is 1. The van der Waals surface area contributed by atoms with E-state index in [0.29, 0.717) is 44.7 Å². The van der Waals surface area contributed by atoms with Crippen LogP contribution in [0.5, 0.6) is 0 Å². The van der Waals surface area contributed by atoms with E-state index in [1.165, 1.54) is 0 Å². The van der Waals surface area contributed by atoms with Crippen molar-refractivity contribution < 1.29 is 13.8 Å². The maximum absolute atomic E-state index is 6.11. The van der Waals surface area contributed by atoms with E-state index in [1.807, 2.05) is 84.9 Å². The molecule has 2 N–H and O–H groups in total. The smallest absolute Gasteiger partial charge is 0.163 e. The minimum Gasteiger partial charge on any atom is -0.381 e. The fraction of sp³-hybridized carbons (Fsp3) is 0.118. The number of nitrogens with zero attached hydrogens (tertiary/aromatic N) is 2. The summed E-state index contributed by atoms with van der Waals surface area (Å²) in [5.41, 5.74) is 7.32. The number of hydrogen-bond acceptors (Lipinski definition) is 7. The Bertz CT molecular complexity index is 1750. The van der Waals surface area contributed by atoms with Crippen LogP contribution in [0, 0.1) is 0 Å². The molecule has 2 aromatic heterocycles. The van der Waals surface area contributed by atoms with E-state index < -0.39 is 0 Å². The van der Waals surface area contributed by atoms with Gasteiger partial charge in [0.25, 0.3) is 0 Å². The average molecular weight is 680 g/mol. The predicted octanol–water partition coefficient (Wildman–Crippen LogP) is 10.6. The van der Waals surface area contributed by atoms with Gasteiger partial charge in [-0.3, -0.25) is 0 Å². The standard InChI is InChI=1S/C34H26Cl4N4O3/c35-29-11-1-21(13-31(29)37)17-39-25-7-3-23(4-8-25)33-15-27(44-41-33)19-43-20-28-16-34(42-45-28)24-5-9-26(10-6-24)40-18-22-2-12-30(36)32(38)14-22/h1-16,39-40H,17-20H2. The lowest BCUT2D eigenvalue weighted by molar-refractivity contribution is 0.0727. The van der Waals surface area contributed by atoms with Gasteiger partial charge in [-0.1, -0.05) is 93.1 Å². The van der Waals surface area contributed by atoms with Crippen LogP contribution in [0.25, 0.3) is 22.5 Å². The van der Waals surface area contributed by atoms with Crippen LogP contribution < -0.4 is 10.6 Å². The Kier molecular flexibility index (Phi) is 9.94. The monoisotopic (exact) mass is 678 g/mol. The van der Waals surface area contributed by atoms with Gasteiger partial charge in [-0.2, -0.15) is 0 Å². The molecule has 7 nitrogen and oxygen atoms in total. The van der Waals surface area contributed by atoms with Crippen LogP contribution in [0.4, 0.5) is 11.4 Å². The molecule has 0 aliphatic rings. The molecule has 2 heterocycles. The van der Waals surface area contributed by atoms with Crippen molar-refractivity contribution >= 4 is 57.8 Å². The van der Waals surface area contributed by atoms with Crippen LogP contribution >= 0.6 is 46.4 Å². The van der Waals surface area contributed by atoms with Crippen LogP contribution in [-0.4, -0.2) is 10.3 Å². The Balaban J connectivity index is 0.959. The summed E-state index contributed by atoms with van der Waals surface area (Å²) in [6, 6.07) is 30.8. The van der Waals surface area contributed by atoms with E-state index in [4.69, 9.17) is 60.2 Å². The van der Waals surface area contributed by atoms with Gasteiger partial charge < -0.3 is 24.4 Å². The lowest BCUT2D eigenvalue weighted by Gasteiger charge is -2.08.